The van der Waals surface area contributed by atoms with Gasteiger partial charge in [-0.05, 0) is 37.6 Å². The average molecular weight is 189 g/mol. The first-order chi connectivity index (χ1) is 6.63. The lowest BCUT2D eigenvalue weighted by molar-refractivity contribution is 0.899. The van der Waals surface area contributed by atoms with Crippen LogP contribution in [0.4, 0.5) is 11.4 Å². The number of nitrogens with zero attached hydrogens (tertiary/aromatic N) is 1. The minimum absolute atomic E-state index is 0.361. The van der Waals surface area contributed by atoms with Crippen LogP contribution in [0.25, 0.3) is 0 Å². The van der Waals surface area contributed by atoms with Crippen LogP contribution in [0.15, 0.2) is 18.2 Å². The number of hydrogen-bond donors (Lipinski definition) is 2. The molecule has 0 fully saturated rings. The fourth-order valence-electron chi connectivity index (χ4n) is 1.27. The second kappa shape index (κ2) is 4.52. The zero-order valence-electron chi connectivity index (χ0n) is 8.54. The van der Waals surface area contributed by atoms with E-state index < -0.39 is 0 Å². The van der Waals surface area contributed by atoms with Crippen LogP contribution < -0.4 is 11.1 Å². The number of benzene rings is 1. The van der Waals surface area contributed by atoms with Crippen molar-refractivity contribution in [1.82, 2.24) is 0 Å². The van der Waals surface area contributed by atoms with Crippen LogP contribution >= 0.6 is 0 Å². The van der Waals surface area contributed by atoms with E-state index in [4.69, 9.17) is 11.0 Å². The zero-order chi connectivity index (χ0) is 10.6. The van der Waals surface area contributed by atoms with Gasteiger partial charge in [-0.3, -0.25) is 0 Å². The summed E-state index contributed by atoms with van der Waals surface area (Å²) in [6.45, 7) is 4.14. The van der Waals surface area contributed by atoms with E-state index in [-0.39, 0.29) is 0 Å². The van der Waals surface area contributed by atoms with Crippen LogP contribution in [-0.2, 0) is 6.42 Å². The molecule has 0 unspecified atom stereocenters. The highest BCUT2D eigenvalue weighted by Gasteiger charge is 2.01. The van der Waals surface area contributed by atoms with E-state index in [9.17, 15) is 0 Å². The first kappa shape index (κ1) is 10.4. The molecule has 0 aliphatic rings. The Morgan fingerprint density at radius 1 is 1.50 bits per heavy atom. The molecule has 3 heteroatoms. The molecule has 0 aromatic heterocycles. The van der Waals surface area contributed by atoms with E-state index in [1.807, 2.05) is 18.2 Å². The number of anilines is 2. The lowest BCUT2D eigenvalue weighted by Gasteiger charge is -2.11. The SMILES string of the molecule is CC(C)Nc1ccc(N)c(CC#N)c1. The largest absolute Gasteiger partial charge is 0.398 e. The van der Waals surface area contributed by atoms with Crippen molar-refractivity contribution >= 4 is 11.4 Å². The monoisotopic (exact) mass is 189 g/mol. The maximum absolute atomic E-state index is 8.59. The summed E-state index contributed by atoms with van der Waals surface area (Å²) in [5, 5.41) is 11.9. The molecule has 1 aromatic rings. The number of nitrogen functional groups attached to an aromatic ring is 1. The van der Waals surface area contributed by atoms with E-state index in [0.29, 0.717) is 18.2 Å². The van der Waals surface area contributed by atoms with Gasteiger partial charge in [0.2, 0.25) is 0 Å². The van der Waals surface area contributed by atoms with Gasteiger partial charge in [0.05, 0.1) is 12.5 Å². The van der Waals surface area contributed by atoms with E-state index in [0.717, 1.165) is 11.3 Å². The van der Waals surface area contributed by atoms with Crippen molar-refractivity contribution in [1.29, 1.82) is 5.26 Å². The molecule has 0 atom stereocenters. The van der Waals surface area contributed by atoms with E-state index >= 15 is 0 Å². The molecule has 3 nitrogen and oxygen atoms in total. The van der Waals surface area contributed by atoms with E-state index in [1.54, 1.807) is 0 Å². The minimum atomic E-state index is 0.361. The summed E-state index contributed by atoms with van der Waals surface area (Å²) in [5.41, 5.74) is 8.31. The molecule has 1 rings (SSSR count). The third-order valence-electron chi connectivity index (χ3n) is 1.87. The normalized spacial score (nSPS) is 9.86. The Bertz CT molecular complexity index is 350. The Labute approximate surface area is 84.5 Å². The van der Waals surface area contributed by atoms with Gasteiger partial charge in [-0.2, -0.15) is 5.26 Å². The first-order valence-electron chi connectivity index (χ1n) is 4.65. The molecule has 3 N–H and O–H groups in total. The highest BCUT2D eigenvalue weighted by molar-refractivity contribution is 5.58. The zero-order valence-corrected chi connectivity index (χ0v) is 8.54. The molecule has 14 heavy (non-hydrogen) atoms. The van der Waals surface area contributed by atoms with Gasteiger partial charge in [-0.1, -0.05) is 0 Å². The van der Waals surface area contributed by atoms with E-state index in [1.165, 1.54) is 0 Å². The van der Waals surface area contributed by atoms with Gasteiger partial charge in [0.15, 0.2) is 0 Å². The predicted octanol–water partition coefficient (Wildman–Crippen LogP) is 2.16. The highest BCUT2D eigenvalue weighted by atomic mass is 14.9. The molecule has 0 aliphatic carbocycles. The summed E-state index contributed by atoms with van der Waals surface area (Å²) in [6.07, 6.45) is 0.361. The van der Waals surface area contributed by atoms with Crippen LogP contribution in [0.5, 0.6) is 0 Å². The Balaban J connectivity index is 2.89. The summed E-state index contributed by atoms with van der Waals surface area (Å²) in [7, 11) is 0. The highest BCUT2D eigenvalue weighted by Crippen LogP contribution is 2.18. The van der Waals surface area contributed by atoms with Gasteiger partial charge in [-0.15, -0.1) is 0 Å². The number of nitrogens with two attached hydrogens (primary N) is 1. The molecule has 0 bridgehead atoms. The second-order valence-electron chi connectivity index (χ2n) is 3.55. The predicted molar refractivity (Wildman–Crippen MR) is 58.9 cm³/mol. The third-order valence-corrected chi connectivity index (χ3v) is 1.87. The molecule has 0 saturated carbocycles. The molecule has 1 aromatic carbocycles. The lowest BCUT2D eigenvalue weighted by Crippen LogP contribution is -2.10. The molecule has 0 aliphatic heterocycles. The van der Waals surface area contributed by atoms with Gasteiger partial charge in [0.1, 0.15) is 0 Å². The van der Waals surface area contributed by atoms with Gasteiger partial charge in [0, 0.05) is 17.4 Å². The molecule has 0 heterocycles. The molecular weight excluding hydrogens is 174 g/mol. The minimum Gasteiger partial charge on any atom is -0.398 e. The van der Waals surface area contributed by atoms with Crippen LogP contribution in [-0.4, -0.2) is 6.04 Å². The smallest absolute Gasteiger partial charge is 0.0670 e. The summed E-state index contributed by atoms with van der Waals surface area (Å²) in [4.78, 5) is 0. The fourth-order valence-corrected chi connectivity index (χ4v) is 1.27. The summed E-state index contributed by atoms with van der Waals surface area (Å²) in [6, 6.07) is 8.17. The quantitative estimate of drug-likeness (QED) is 0.716. The molecule has 0 saturated heterocycles. The Kier molecular flexibility index (Phi) is 3.35. The first-order valence-corrected chi connectivity index (χ1v) is 4.65. The molecule has 0 radical (unpaired) electrons. The number of rotatable bonds is 3. The number of nitrogens with one attached hydrogen (secondary N) is 1. The van der Waals surface area contributed by atoms with Crippen LogP contribution in [0, 0.1) is 11.3 Å². The van der Waals surface area contributed by atoms with Crippen molar-refractivity contribution in [3.05, 3.63) is 23.8 Å². The lowest BCUT2D eigenvalue weighted by atomic mass is 10.1. The second-order valence-corrected chi connectivity index (χ2v) is 3.55. The summed E-state index contributed by atoms with van der Waals surface area (Å²) in [5.74, 6) is 0. The van der Waals surface area contributed by atoms with Crippen molar-refractivity contribution in [3.8, 4) is 6.07 Å². The standard InChI is InChI=1S/C11H15N3/c1-8(2)14-10-3-4-11(13)9(7-10)5-6-12/h3-4,7-8,14H,5,13H2,1-2H3. The van der Waals surface area contributed by atoms with Crippen molar-refractivity contribution < 1.29 is 0 Å². The third kappa shape index (κ3) is 2.67. The van der Waals surface area contributed by atoms with Gasteiger partial charge in [0.25, 0.3) is 0 Å². The molecule has 0 spiro atoms. The van der Waals surface area contributed by atoms with Crippen LogP contribution in [0.2, 0.25) is 0 Å². The van der Waals surface area contributed by atoms with Crippen LogP contribution in [0.1, 0.15) is 19.4 Å². The summed E-state index contributed by atoms with van der Waals surface area (Å²) >= 11 is 0. The van der Waals surface area contributed by atoms with Gasteiger partial charge in [-0.25, -0.2) is 0 Å². The average Bonchev–Trinajstić information content (AvgIpc) is 2.10. The molecular formula is C11H15N3. The molecule has 74 valence electrons. The number of nitriles is 1. The maximum Gasteiger partial charge on any atom is 0.0670 e. The molecule has 0 amide bonds. The van der Waals surface area contributed by atoms with Crippen molar-refractivity contribution in [2.45, 2.75) is 26.3 Å². The Morgan fingerprint density at radius 2 is 2.21 bits per heavy atom. The Morgan fingerprint density at radius 3 is 2.79 bits per heavy atom. The van der Waals surface area contributed by atoms with E-state index in [2.05, 4.69) is 25.2 Å². The van der Waals surface area contributed by atoms with Crippen molar-refractivity contribution in [3.63, 3.8) is 0 Å². The number of hydrogen-bond acceptors (Lipinski definition) is 3. The van der Waals surface area contributed by atoms with Crippen molar-refractivity contribution in [2.24, 2.45) is 0 Å². The maximum atomic E-state index is 8.59. The topological polar surface area (TPSA) is 61.8 Å². The fraction of sp³-hybridized carbons (Fsp3) is 0.364. The van der Waals surface area contributed by atoms with Gasteiger partial charge < -0.3 is 11.1 Å². The summed E-state index contributed by atoms with van der Waals surface area (Å²) < 4.78 is 0. The Hall–Kier alpha value is -1.69. The van der Waals surface area contributed by atoms with Crippen LogP contribution in [0.3, 0.4) is 0 Å². The van der Waals surface area contributed by atoms with Crippen molar-refractivity contribution in [2.75, 3.05) is 11.1 Å². The van der Waals surface area contributed by atoms with Gasteiger partial charge >= 0.3 is 0 Å².